The van der Waals surface area contributed by atoms with Gasteiger partial charge in [0.05, 0.1) is 0 Å². The van der Waals surface area contributed by atoms with Crippen LogP contribution >= 0.6 is 0 Å². The molecule has 1 saturated carbocycles. The summed E-state index contributed by atoms with van der Waals surface area (Å²) in [7, 11) is 0. The van der Waals surface area contributed by atoms with Crippen LogP contribution in [-0.4, -0.2) is 33.6 Å². The maximum atomic E-state index is 14.2. The third-order valence-corrected chi connectivity index (χ3v) is 5.38. The van der Waals surface area contributed by atoms with E-state index in [1.165, 1.54) is 6.07 Å². The topological polar surface area (TPSA) is 61.0 Å². The Kier molecular flexibility index (Phi) is 4.72. The number of nitrogens with one attached hydrogen (secondary N) is 2. The molecule has 2 N–H and O–H groups in total. The fourth-order valence-corrected chi connectivity index (χ4v) is 3.97. The Hall–Kier alpha value is -2.28. The van der Waals surface area contributed by atoms with Gasteiger partial charge in [-0.3, -0.25) is 9.89 Å². The molecule has 7 heteroatoms. The minimum Gasteiger partial charge on any atom is -0.330 e. The second-order valence-corrected chi connectivity index (χ2v) is 7.06. The molecule has 2 aliphatic rings. The summed E-state index contributed by atoms with van der Waals surface area (Å²) in [5, 5.41) is 10.5. The highest BCUT2D eigenvalue weighted by Crippen LogP contribution is 2.28. The molecule has 4 rings (SSSR count). The zero-order chi connectivity index (χ0) is 18.1. The molecule has 138 valence electrons. The summed E-state index contributed by atoms with van der Waals surface area (Å²) < 4.78 is 27.7. The van der Waals surface area contributed by atoms with Crippen LogP contribution in [0.3, 0.4) is 0 Å². The number of carbonyl (C=O) groups is 1. The van der Waals surface area contributed by atoms with Gasteiger partial charge in [0.15, 0.2) is 5.69 Å². The highest BCUT2D eigenvalue weighted by atomic mass is 19.1. The molecule has 0 saturated heterocycles. The van der Waals surface area contributed by atoms with E-state index in [0.717, 1.165) is 62.0 Å². The third-order valence-electron chi connectivity index (χ3n) is 5.38. The maximum absolute atomic E-state index is 14.2. The van der Waals surface area contributed by atoms with E-state index in [-0.39, 0.29) is 24.1 Å². The van der Waals surface area contributed by atoms with Crippen molar-refractivity contribution in [1.29, 1.82) is 0 Å². The van der Waals surface area contributed by atoms with Crippen LogP contribution in [0.25, 0.3) is 0 Å². The fraction of sp³-hybridized carbons (Fsp3) is 0.474. The van der Waals surface area contributed by atoms with E-state index in [1.807, 2.05) is 0 Å². The molecule has 2 heterocycles. The Morgan fingerprint density at radius 1 is 1.27 bits per heavy atom. The molecule has 5 nitrogen and oxygen atoms in total. The first-order chi connectivity index (χ1) is 12.6. The van der Waals surface area contributed by atoms with Crippen LogP contribution in [-0.2, 0) is 19.5 Å². The zero-order valence-electron chi connectivity index (χ0n) is 14.5. The number of amides is 1. The van der Waals surface area contributed by atoms with Gasteiger partial charge in [-0.1, -0.05) is 12.8 Å². The molecule has 1 amide bonds. The van der Waals surface area contributed by atoms with Gasteiger partial charge in [-0.05, 0) is 31.0 Å². The first-order valence-electron chi connectivity index (χ1n) is 9.15. The molecule has 0 radical (unpaired) electrons. The highest BCUT2D eigenvalue weighted by molar-refractivity contribution is 5.94. The molecular weight excluding hydrogens is 338 g/mol. The molecule has 0 atom stereocenters. The number of hydrogen-bond donors (Lipinski definition) is 2. The minimum atomic E-state index is -0.499. The summed E-state index contributed by atoms with van der Waals surface area (Å²) in [4.78, 5) is 14.9. The van der Waals surface area contributed by atoms with Crippen LogP contribution in [0.5, 0.6) is 0 Å². The molecule has 1 aliphatic heterocycles. The SMILES string of the molecule is O=C(c1n[nH]c2c1CNCC2)N(Cc1cc(F)ccc1F)C1CCCC1. The Labute approximate surface area is 150 Å². The molecule has 26 heavy (non-hydrogen) atoms. The third kappa shape index (κ3) is 3.23. The lowest BCUT2D eigenvalue weighted by Crippen LogP contribution is -2.39. The van der Waals surface area contributed by atoms with Crippen molar-refractivity contribution >= 4 is 5.91 Å². The Balaban J connectivity index is 1.66. The number of carbonyl (C=O) groups excluding carboxylic acids is 1. The van der Waals surface area contributed by atoms with E-state index in [4.69, 9.17) is 0 Å². The molecule has 0 bridgehead atoms. The maximum Gasteiger partial charge on any atom is 0.275 e. The highest BCUT2D eigenvalue weighted by Gasteiger charge is 2.32. The van der Waals surface area contributed by atoms with Gasteiger partial charge in [0.1, 0.15) is 11.6 Å². The lowest BCUT2D eigenvalue weighted by molar-refractivity contribution is 0.0654. The Morgan fingerprint density at radius 2 is 2.08 bits per heavy atom. The van der Waals surface area contributed by atoms with Gasteiger partial charge < -0.3 is 10.2 Å². The van der Waals surface area contributed by atoms with Crippen molar-refractivity contribution in [3.05, 3.63) is 52.3 Å². The molecule has 0 unspecified atom stereocenters. The second-order valence-electron chi connectivity index (χ2n) is 7.06. The van der Waals surface area contributed by atoms with Crippen molar-refractivity contribution in [2.24, 2.45) is 0 Å². The van der Waals surface area contributed by atoms with Crippen LogP contribution in [0.4, 0.5) is 8.78 Å². The molecule has 0 spiro atoms. The van der Waals surface area contributed by atoms with Gasteiger partial charge in [-0.2, -0.15) is 5.10 Å². The average molecular weight is 360 g/mol. The molecule has 1 aromatic carbocycles. The van der Waals surface area contributed by atoms with Crippen LogP contribution in [0.2, 0.25) is 0 Å². The van der Waals surface area contributed by atoms with Crippen molar-refractivity contribution in [1.82, 2.24) is 20.4 Å². The number of nitrogens with zero attached hydrogens (tertiary/aromatic N) is 2. The number of benzene rings is 1. The van der Waals surface area contributed by atoms with E-state index in [1.54, 1.807) is 4.90 Å². The summed E-state index contributed by atoms with van der Waals surface area (Å²) in [5.41, 5.74) is 2.48. The van der Waals surface area contributed by atoms with Crippen molar-refractivity contribution < 1.29 is 13.6 Å². The normalized spacial score (nSPS) is 17.3. The zero-order valence-corrected chi connectivity index (χ0v) is 14.5. The van der Waals surface area contributed by atoms with E-state index >= 15 is 0 Å². The summed E-state index contributed by atoms with van der Waals surface area (Å²) >= 11 is 0. The second kappa shape index (κ2) is 7.15. The first kappa shape index (κ1) is 17.1. The summed E-state index contributed by atoms with van der Waals surface area (Å²) in [6.07, 6.45) is 4.65. The largest absolute Gasteiger partial charge is 0.330 e. The van der Waals surface area contributed by atoms with E-state index in [2.05, 4.69) is 15.5 Å². The number of aromatic amines is 1. The molecule has 2 aromatic rings. The van der Waals surface area contributed by atoms with E-state index in [9.17, 15) is 13.6 Å². The molecule has 1 fully saturated rings. The van der Waals surface area contributed by atoms with Gasteiger partial charge in [-0.25, -0.2) is 8.78 Å². The number of hydrogen-bond acceptors (Lipinski definition) is 3. The fourth-order valence-electron chi connectivity index (χ4n) is 3.97. The lowest BCUT2D eigenvalue weighted by atomic mass is 10.0. The minimum absolute atomic E-state index is 0.0362. The smallest absolute Gasteiger partial charge is 0.275 e. The average Bonchev–Trinajstić information content (AvgIpc) is 3.31. The summed E-state index contributed by atoms with van der Waals surface area (Å²) in [5.74, 6) is -1.20. The molecular formula is C19H22F2N4O. The number of rotatable bonds is 4. The van der Waals surface area contributed by atoms with Crippen LogP contribution in [0, 0.1) is 11.6 Å². The van der Waals surface area contributed by atoms with Gasteiger partial charge >= 0.3 is 0 Å². The Bertz CT molecular complexity index is 814. The van der Waals surface area contributed by atoms with Crippen molar-refractivity contribution in [2.45, 2.75) is 51.2 Å². The van der Waals surface area contributed by atoms with Crippen LogP contribution < -0.4 is 5.32 Å². The van der Waals surface area contributed by atoms with Gasteiger partial charge in [0.2, 0.25) is 0 Å². The monoisotopic (exact) mass is 360 g/mol. The number of H-pyrrole nitrogens is 1. The lowest BCUT2D eigenvalue weighted by Gasteiger charge is -2.29. The number of halogens is 2. The van der Waals surface area contributed by atoms with Gasteiger partial charge in [0, 0.05) is 48.9 Å². The quantitative estimate of drug-likeness (QED) is 0.881. The van der Waals surface area contributed by atoms with Crippen molar-refractivity contribution in [3.8, 4) is 0 Å². The van der Waals surface area contributed by atoms with Crippen molar-refractivity contribution in [2.75, 3.05) is 6.54 Å². The number of aromatic nitrogens is 2. The van der Waals surface area contributed by atoms with Gasteiger partial charge in [0.25, 0.3) is 5.91 Å². The predicted octanol–water partition coefficient (Wildman–Crippen LogP) is 2.92. The predicted molar refractivity (Wildman–Crippen MR) is 92.5 cm³/mol. The first-order valence-corrected chi connectivity index (χ1v) is 9.15. The summed E-state index contributed by atoms with van der Waals surface area (Å²) in [6, 6.07) is 3.42. The summed E-state index contributed by atoms with van der Waals surface area (Å²) in [6.45, 7) is 1.51. The van der Waals surface area contributed by atoms with Crippen LogP contribution in [0.15, 0.2) is 18.2 Å². The molecule has 1 aromatic heterocycles. The van der Waals surface area contributed by atoms with Gasteiger partial charge in [-0.15, -0.1) is 0 Å². The van der Waals surface area contributed by atoms with Crippen LogP contribution in [0.1, 0.15) is 53.0 Å². The van der Waals surface area contributed by atoms with E-state index in [0.29, 0.717) is 12.2 Å². The number of fused-ring (bicyclic) bond motifs is 1. The van der Waals surface area contributed by atoms with Crippen molar-refractivity contribution in [3.63, 3.8) is 0 Å². The molecule has 1 aliphatic carbocycles. The van der Waals surface area contributed by atoms with E-state index < -0.39 is 11.6 Å². The Morgan fingerprint density at radius 3 is 2.88 bits per heavy atom. The standard InChI is InChI=1S/C19H22F2N4O/c20-13-5-6-16(21)12(9-13)11-25(14-3-1-2-4-14)19(26)18-15-10-22-8-7-17(15)23-24-18/h5-6,9,14,22H,1-4,7-8,10-11H2,(H,23,24).